The first-order chi connectivity index (χ1) is 12.1. The van der Waals surface area contributed by atoms with E-state index in [9.17, 15) is 0 Å². The van der Waals surface area contributed by atoms with E-state index in [-0.39, 0.29) is 0 Å². The molecule has 128 valence electrons. The number of nitrogens with zero attached hydrogens (tertiary/aromatic N) is 2. The fourth-order valence-electron chi connectivity index (χ4n) is 2.54. The number of benzene rings is 2. The Hall–Kier alpha value is -3.28. The van der Waals surface area contributed by atoms with Crippen LogP contribution in [0, 0.1) is 13.8 Å². The molecule has 1 heterocycles. The molecule has 3 rings (SSSR count). The maximum atomic E-state index is 6.19. The van der Waals surface area contributed by atoms with Gasteiger partial charge in [0.25, 0.3) is 0 Å². The molecule has 0 saturated heterocycles. The second-order valence-electron chi connectivity index (χ2n) is 5.69. The van der Waals surface area contributed by atoms with E-state index >= 15 is 0 Å². The first-order valence-corrected chi connectivity index (χ1v) is 7.83. The van der Waals surface area contributed by atoms with E-state index in [0.29, 0.717) is 28.9 Å². The maximum absolute atomic E-state index is 6.19. The molecule has 0 bridgehead atoms. The smallest absolute Gasteiger partial charge is 0.248 e. The van der Waals surface area contributed by atoms with Gasteiger partial charge in [-0.15, -0.1) is 0 Å². The average molecular weight is 336 g/mol. The maximum Gasteiger partial charge on any atom is 0.248 e. The highest BCUT2D eigenvalue weighted by Gasteiger charge is 2.12. The number of nitrogens with one attached hydrogen (secondary N) is 1. The van der Waals surface area contributed by atoms with Crippen LogP contribution in [0.1, 0.15) is 11.1 Å². The standard InChI is InChI=1S/C19H20N4O2/c1-12-8-13(2)10-14(9-12)25-19-17(20)18(21-11-22-19)23-15-6-4-5-7-16(15)24-3/h4-11H,20H2,1-3H3,(H,21,22,23). The Morgan fingerprint density at radius 3 is 2.44 bits per heavy atom. The molecule has 0 fully saturated rings. The van der Waals surface area contributed by atoms with E-state index < -0.39 is 0 Å². The van der Waals surface area contributed by atoms with Gasteiger partial charge in [-0.2, -0.15) is 4.98 Å². The summed E-state index contributed by atoms with van der Waals surface area (Å²) in [6.45, 7) is 4.02. The molecule has 0 aliphatic heterocycles. The lowest BCUT2D eigenvalue weighted by Gasteiger charge is -2.14. The molecule has 6 nitrogen and oxygen atoms in total. The third kappa shape index (κ3) is 3.80. The first kappa shape index (κ1) is 16.6. The van der Waals surface area contributed by atoms with Crippen LogP contribution >= 0.6 is 0 Å². The molecule has 25 heavy (non-hydrogen) atoms. The number of anilines is 3. The molecule has 3 N–H and O–H groups in total. The van der Waals surface area contributed by atoms with Crippen molar-refractivity contribution in [2.24, 2.45) is 0 Å². The van der Waals surface area contributed by atoms with Gasteiger partial charge in [0, 0.05) is 0 Å². The Bertz CT molecular complexity index is 876. The number of aromatic nitrogens is 2. The van der Waals surface area contributed by atoms with Crippen LogP contribution in [0.15, 0.2) is 48.8 Å². The summed E-state index contributed by atoms with van der Waals surface area (Å²) in [4.78, 5) is 8.35. The van der Waals surface area contributed by atoms with Crippen molar-refractivity contribution in [2.75, 3.05) is 18.2 Å². The third-order valence-electron chi connectivity index (χ3n) is 3.62. The molecular formula is C19H20N4O2. The van der Waals surface area contributed by atoms with Crippen molar-refractivity contribution in [3.05, 3.63) is 59.9 Å². The van der Waals surface area contributed by atoms with Crippen LogP contribution in [0.5, 0.6) is 17.4 Å². The Balaban J connectivity index is 1.89. The van der Waals surface area contributed by atoms with Crippen LogP contribution in [0.4, 0.5) is 17.2 Å². The zero-order valence-corrected chi connectivity index (χ0v) is 14.4. The van der Waals surface area contributed by atoms with Gasteiger partial charge in [-0.1, -0.05) is 18.2 Å². The molecule has 6 heteroatoms. The molecule has 2 aromatic carbocycles. The van der Waals surface area contributed by atoms with Gasteiger partial charge in [-0.25, -0.2) is 4.98 Å². The predicted molar refractivity (Wildman–Crippen MR) is 98.7 cm³/mol. The Morgan fingerprint density at radius 1 is 1.00 bits per heavy atom. The number of hydrogen-bond donors (Lipinski definition) is 2. The topological polar surface area (TPSA) is 82.3 Å². The Labute approximate surface area is 146 Å². The SMILES string of the molecule is COc1ccccc1Nc1ncnc(Oc2cc(C)cc(C)c2)c1N. The fraction of sp³-hybridized carbons (Fsp3) is 0.158. The Morgan fingerprint density at radius 2 is 1.72 bits per heavy atom. The van der Waals surface area contributed by atoms with Gasteiger partial charge in [-0.05, 0) is 49.2 Å². The molecule has 0 aliphatic rings. The number of nitrogen functional groups attached to an aromatic ring is 1. The molecule has 0 saturated carbocycles. The van der Waals surface area contributed by atoms with Gasteiger partial charge in [0.1, 0.15) is 23.5 Å². The molecule has 0 radical (unpaired) electrons. The molecule has 0 spiro atoms. The van der Waals surface area contributed by atoms with Crippen LogP contribution in [-0.2, 0) is 0 Å². The molecule has 0 unspecified atom stereocenters. The third-order valence-corrected chi connectivity index (χ3v) is 3.62. The van der Waals surface area contributed by atoms with Crippen molar-refractivity contribution in [3.63, 3.8) is 0 Å². The number of para-hydroxylation sites is 2. The summed E-state index contributed by atoms with van der Waals surface area (Å²) in [6.07, 6.45) is 1.41. The minimum atomic E-state index is 0.303. The number of rotatable bonds is 5. The summed E-state index contributed by atoms with van der Waals surface area (Å²) in [7, 11) is 1.61. The summed E-state index contributed by atoms with van der Waals surface area (Å²) < 4.78 is 11.2. The van der Waals surface area contributed by atoms with Crippen LogP contribution in [0.2, 0.25) is 0 Å². The van der Waals surface area contributed by atoms with E-state index in [1.54, 1.807) is 7.11 Å². The van der Waals surface area contributed by atoms with Crippen molar-refractivity contribution < 1.29 is 9.47 Å². The second kappa shape index (κ2) is 7.09. The molecule has 3 aromatic rings. The average Bonchev–Trinajstić information content (AvgIpc) is 2.58. The molecule has 0 amide bonds. The fourth-order valence-corrected chi connectivity index (χ4v) is 2.54. The number of nitrogens with two attached hydrogens (primary N) is 1. The van der Waals surface area contributed by atoms with Gasteiger partial charge in [0.15, 0.2) is 5.82 Å². The minimum absolute atomic E-state index is 0.303. The minimum Gasteiger partial charge on any atom is -0.495 e. The summed E-state index contributed by atoms with van der Waals surface area (Å²) in [6, 6.07) is 13.5. The quantitative estimate of drug-likeness (QED) is 0.726. The van der Waals surface area contributed by atoms with Crippen molar-refractivity contribution >= 4 is 17.2 Å². The number of methoxy groups -OCH3 is 1. The second-order valence-corrected chi connectivity index (χ2v) is 5.69. The molecule has 0 atom stereocenters. The summed E-state index contributed by atoms with van der Waals surface area (Å²) in [5.74, 6) is 2.14. The lowest BCUT2D eigenvalue weighted by molar-refractivity contribution is 0.417. The monoisotopic (exact) mass is 336 g/mol. The number of aryl methyl sites for hydroxylation is 2. The van der Waals surface area contributed by atoms with Gasteiger partial charge in [0.05, 0.1) is 12.8 Å². The van der Waals surface area contributed by atoms with Crippen molar-refractivity contribution in [1.82, 2.24) is 9.97 Å². The van der Waals surface area contributed by atoms with Crippen LogP contribution < -0.4 is 20.5 Å². The molecule has 0 aliphatic carbocycles. The van der Waals surface area contributed by atoms with Gasteiger partial charge >= 0.3 is 0 Å². The zero-order chi connectivity index (χ0) is 17.8. The van der Waals surface area contributed by atoms with Crippen LogP contribution in [-0.4, -0.2) is 17.1 Å². The summed E-state index contributed by atoms with van der Waals surface area (Å²) in [5.41, 5.74) is 9.49. The van der Waals surface area contributed by atoms with E-state index in [0.717, 1.165) is 16.8 Å². The van der Waals surface area contributed by atoms with Crippen LogP contribution in [0.3, 0.4) is 0 Å². The van der Waals surface area contributed by atoms with Crippen molar-refractivity contribution in [1.29, 1.82) is 0 Å². The number of hydrogen-bond acceptors (Lipinski definition) is 6. The molecular weight excluding hydrogens is 316 g/mol. The van der Waals surface area contributed by atoms with Crippen LogP contribution in [0.25, 0.3) is 0 Å². The van der Waals surface area contributed by atoms with E-state index in [1.165, 1.54) is 6.33 Å². The lowest BCUT2D eigenvalue weighted by Crippen LogP contribution is -2.04. The lowest BCUT2D eigenvalue weighted by atomic mass is 10.1. The van der Waals surface area contributed by atoms with Crippen molar-refractivity contribution in [3.8, 4) is 17.4 Å². The highest BCUT2D eigenvalue weighted by Crippen LogP contribution is 2.33. The predicted octanol–water partition coefficient (Wildman–Crippen LogP) is 4.22. The van der Waals surface area contributed by atoms with E-state index in [1.807, 2.05) is 50.2 Å². The first-order valence-electron chi connectivity index (χ1n) is 7.83. The summed E-state index contributed by atoms with van der Waals surface area (Å²) >= 11 is 0. The largest absolute Gasteiger partial charge is 0.495 e. The highest BCUT2D eigenvalue weighted by atomic mass is 16.5. The van der Waals surface area contributed by atoms with E-state index in [4.69, 9.17) is 15.2 Å². The zero-order valence-electron chi connectivity index (χ0n) is 14.4. The number of ether oxygens (including phenoxy) is 2. The summed E-state index contributed by atoms with van der Waals surface area (Å²) in [5, 5.41) is 3.16. The van der Waals surface area contributed by atoms with Gasteiger partial charge < -0.3 is 20.5 Å². The van der Waals surface area contributed by atoms with Gasteiger partial charge in [0.2, 0.25) is 5.88 Å². The highest BCUT2D eigenvalue weighted by molar-refractivity contribution is 5.74. The molecule has 1 aromatic heterocycles. The van der Waals surface area contributed by atoms with Crippen molar-refractivity contribution in [2.45, 2.75) is 13.8 Å². The Kier molecular flexibility index (Phi) is 4.70. The normalized spacial score (nSPS) is 10.4. The van der Waals surface area contributed by atoms with E-state index in [2.05, 4.69) is 21.4 Å². The van der Waals surface area contributed by atoms with Gasteiger partial charge in [-0.3, -0.25) is 0 Å².